The van der Waals surface area contributed by atoms with Crippen LogP contribution in [0.3, 0.4) is 0 Å². The van der Waals surface area contributed by atoms with Crippen molar-refractivity contribution in [3.8, 4) is 0 Å². The summed E-state index contributed by atoms with van der Waals surface area (Å²) < 4.78 is 31.6. The van der Waals surface area contributed by atoms with Gasteiger partial charge in [0.1, 0.15) is 0 Å². The Morgan fingerprint density at radius 2 is 1.91 bits per heavy atom. The molecule has 2 heterocycles. The quantitative estimate of drug-likeness (QED) is 0.451. The van der Waals surface area contributed by atoms with Crippen molar-refractivity contribution in [2.75, 3.05) is 13.1 Å². The maximum absolute atomic E-state index is 13.6. The second kappa shape index (κ2) is 8.06. The molecule has 3 fully saturated rings. The molecule has 0 bridgehead atoms. The van der Waals surface area contributed by atoms with E-state index in [9.17, 15) is 22.8 Å². The summed E-state index contributed by atoms with van der Waals surface area (Å²) in [6.07, 6.45) is 6.66. The first-order valence-corrected chi connectivity index (χ1v) is 13.0. The van der Waals surface area contributed by atoms with Crippen LogP contribution in [0.5, 0.6) is 0 Å². The first-order chi connectivity index (χ1) is 16.2. The largest absolute Gasteiger partial charge is 0.337 e. The minimum absolute atomic E-state index is 0.0247. The first kappa shape index (κ1) is 22.8. The summed E-state index contributed by atoms with van der Waals surface area (Å²) in [6, 6.07) is 3.87. The molecule has 1 aromatic heterocycles. The molecule has 2 aliphatic carbocycles. The summed E-state index contributed by atoms with van der Waals surface area (Å²) in [6.45, 7) is 8.35. The number of hydrogen-bond acceptors (Lipinski definition) is 5. The van der Waals surface area contributed by atoms with E-state index < -0.39 is 32.9 Å². The second-order valence-corrected chi connectivity index (χ2v) is 11.3. The topological polar surface area (TPSA) is 110 Å². The molecule has 3 aliphatic rings. The highest BCUT2D eigenvalue weighted by molar-refractivity contribution is 7.89. The SMILES string of the molecule is C=CC(=O)N1CC[C@@H](n2c(=O)c3cc(S(=O)(=O)NC4(C=C)CC4)ccc3n(CC3CC3)c2=O)C1. The molecule has 1 aliphatic heterocycles. The second-order valence-electron chi connectivity index (χ2n) is 9.59. The van der Waals surface area contributed by atoms with Crippen LogP contribution in [0.25, 0.3) is 10.9 Å². The highest BCUT2D eigenvalue weighted by Gasteiger charge is 2.43. The Hall–Kier alpha value is -2.98. The molecule has 34 heavy (non-hydrogen) atoms. The molecule has 0 radical (unpaired) electrons. The molecule has 5 rings (SSSR count). The summed E-state index contributed by atoms with van der Waals surface area (Å²) in [5, 5.41) is 0.181. The molecule has 180 valence electrons. The number of hydrogen-bond donors (Lipinski definition) is 1. The average Bonchev–Trinajstić information content (AvgIpc) is 3.74. The first-order valence-electron chi connectivity index (χ1n) is 11.6. The predicted molar refractivity (Wildman–Crippen MR) is 128 cm³/mol. The summed E-state index contributed by atoms with van der Waals surface area (Å²) in [5.74, 6) is 0.118. The number of nitrogens with one attached hydrogen (secondary N) is 1. The number of amides is 1. The summed E-state index contributed by atoms with van der Waals surface area (Å²) in [7, 11) is -3.89. The van der Waals surface area contributed by atoms with Gasteiger partial charge in [0, 0.05) is 19.6 Å². The number of carbonyl (C=O) groups excluding carboxylic acids is 1. The zero-order valence-corrected chi connectivity index (χ0v) is 19.7. The van der Waals surface area contributed by atoms with E-state index in [-0.39, 0.29) is 22.7 Å². The van der Waals surface area contributed by atoms with E-state index in [1.165, 1.54) is 22.8 Å². The highest BCUT2D eigenvalue weighted by Crippen LogP contribution is 2.38. The Labute approximate surface area is 197 Å². The van der Waals surface area contributed by atoms with E-state index in [0.717, 1.165) is 12.8 Å². The lowest BCUT2D eigenvalue weighted by Gasteiger charge is -2.19. The molecule has 9 nitrogen and oxygen atoms in total. The average molecular weight is 485 g/mol. The number of carbonyl (C=O) groups is 1. The normalized spacial score (nSPS) is 21.5. The molecule has 10 heteroatoms. The fourth-order valence-electron chi connectivity index (χ4n) is 4.69. The molecule has 0 unspecified atom stereocenters. The number of rotatable bonds is 8. The van der Waals surface area contributed by atoms with Crippen LogP contribution in [0.4, 0.5) is 0 Å². The standard InChI is InChI=1S/C24H28N4O5S/c1-3-21(29)26-12-9-17(15-26)28-22(30)19-13-18(34(32,33)25-24(4-2)10-11-24)7-8-20(19)27(23(28)31)14-16-5-6-16/h3-4,7-8,13,16-17,25H,1-2,5-6,9-12,14-15H2/t17-/m1/s1. The monoisotopic (exact) mass is 484 g/mol. The van der Waals surface area contributed by atoms with E-state index >= 15 is 0 Å². The number of fused-ring (bicyclic) bond motifs is 1. The predicted octanol–water partition coefficient (Wildman–Crippen LogP) is 1.53. The molecule has 1 N–H and O–H groups in total. The number of likely N-dealkylation sites (tertiary alicyclic amines) is 1. The van der Waals surface area contributed by atoms with Crippen LogP contribution in [-0.4, -0.2) is 47.0 Å². The van der Waals surface area contributed by atoms with Crippen LogP contribution in [0.1, 0.15) is 38.1 Å². The van der Waals surface area contributed by atoms with Crippen LogP contribution in [0.2, 0.25) is 0 Å². The molecule has 1 amide bonds. The van der Waals surface area contributed by atoms with Crippen molar-refractivity contribution in [1.82, 2.24) is 18.8 Å². The lowest BCUT2D eigenvalue weighted by Crippen LogP contribution is -2.43. The van der Waals surface area contributed by atoms with Gasteiger partial charge in [0.25, 0.3) is 5.56 Å². The smallest absolute Gasteiger partial charge is 0.331 e. The van der Waals surface area contributed by atoms with E-state index in [4.69, 9.17) is 0 Å². The summed E-state index contributed by atoms with van der Waals surface area (Å²) in [4.78, 5) is 40.6. The summed E-state index contributed by atoms with van der Waals surface area (Å²) >= 11 is 0. The third-order valence-corrected chi connectivity index (χ3v) is 8.67. The van der Waals surface area contributed by atoms with Gasteiger partial charge in [0.2, 0.25) is 15.9 Å². The molecule has 1 aromatic carbocycles. The van der Waals surface area contributed by atoms with Gasteiger partial charge in [-0.1, -0.05) is 12.7 Å². The molecule has 2 aromatic rings. The van der Waals surface area contributed by atoms with Crippen molar-refractivity contribution in [3.05, 3.63) is 64.3 Å². The Balaban J connectivity index is 1.63. The Morgan fingerprint density at radius 3 is 2.53 bits per heavy atom. The highest BCUT2D eigenvalue weighted by atomic mass is 32.2. The van der Waals surface area contributed by atoms with E-state index in [1.807, 2.05) is 0 Å². The minimum Gasteiger partial charge on any atom is -0.337 e. The van der Waals surface area contributed by atoms with Gasteiger partial charge in [0.15, 0.2) is 0 Å². The van der Waals surface area contributed by atoms with Gasteiger partial charge in [-0.05, 0) is 62.3 Å². The molecular weight excluding hydrogens is 456 g/mol. The summed E-state index contributed by atoms with van der Waals surface area (Å²) in [5.41, 5.74) is -1.16. The molecule has 1 saturated heterocycles. The lowest BCUT2D eigenvalue weighted by molar-refractivity contribution is -0.125. The van der Waals surface area contributed by atoms with Gasteiger partial charge >= 0.3 is 5.69 Å². The van der Waals surface area contributed by atoms with Crippen molar-refractivity contribution in [1.29, 1.82) is 0 Å². The zero-order valence-electron chi connectivity index (χ0n) is 18.9. The van der Waals surface area contributed by atoms with Gasteiger partial charge in [-0.15, -0.1) is 6.58 Å². The van der Waals surface area contributed by atoms with E-state index in [2.05, 4.69) is 17.9 Å². The van der Waals surface area contributed by atoms with Crippen LogP contribution >= 0.6 is 0 Å². The van der Waals surface area contributed by atoms with Gasteiger partial charge in [-0.2, -0.15) is 0 Å². The molecule has 0 spiro atoms. The fourth-order valence-corrected chi connectivity index (χ4v) is 6.15. The van der Waals surface area contributed by atoms with Crippen molar-refractivity contribution in [2.45, 2.75) is 55.1 Å². The fraction of sp³-hybridized carbons (Fsp3) is 0.458. The van der Waals surface area contributed by atoms with Gasteiger partial charge in [-0.3, -0.25) is 18.7 Å². The molecule has 2 saturated carbocycles. The van der Waals surface area contributed by atoms with Crippen molar-refractivity contribution in [2.24, 2.45) is 5.92 Å². The van der Waals surface area contributed by atoms with E-state index in [1.54, 1.807) is 21.6 Å². The van der Waals surface area contributed by atoms with Crippen molar-refractivity contribution < 1.29 is 13.2 Å². The van der Waals surface area contributed by atoms with Crippen molar-refractivity contribution >= 4 is 26.8 Å². The maximum Gasteiger partial charge on any atom is 0.331 e. The lowest BCUT2D eigenvalue weighted by atomic mass is 10.2. The minimum atomic E-state index is -3.89. The van der Waals surface area contributed by atoms with Gasteiger partial charge in [0.05, 0.1) is 27.4 Å². The maximum atomic E-state index is 13.6. The molecular formula is C24H28N4O5S. The molecule has 1 atom stereocenters. The number of aromatic nitrogens is 2. The number of nitrogens with zero attached hydrogens (tertiary/aromatic N) is 3. The Kier molecular flexibility index (Phi) is 5.40. The van der Waals surface area contributed by atoms with Crippen LogP contribution in [-0.2, 0) is 21.4 Å². The Bertz CT molecular complexity index is 1430. The van der Waals surface area contributed by atoms with Crippen LogP contribution < -0.4 is 16.0 Å². The number of sulfonamides is 1. The van der Waals surface area contributed by atoms with Crippen molar-refractivity contribution in [3.63, 3.8) is 0 Å². The van der Waals surface area contributed by atoms with Gasteiger partial charge in [-0.25, -0.2) is 17.9 Å². The van der Waals surface area contributed by atoms with Crippen LogP contribution in [0.15, 0.2) is 58.0 Å². The van der Waals surface area contributed by atoms with E-state index in [0.29, 0.717) is 43.8 Å². The van der Waals surface area contributed by atoms with Gasteiger partial charge < -0.3 is 4.90 Å². The zero-order chi connectivity index (χ0) is 24.3. The van der Waals surface area contributed by atoms with Crippen LogP contribution in [0, 0.1) is 5.92 Å². The third-order valence-electron chi connectivity index (χ3n) is 7.12. The number of benzene rings is 1. The Morgan fingerprint density at radius 1 is 1.18 bits per heavy atom. The third kappa shape index (κ3) is 3.94.